The van der Waals surface area contributed by atoms with E-state index in [4.69, 9.17) is 10.8 Å². The molecule has 0 fully saturated rings. The number of nitrogens with zero attached hydrogens (tertiary/aromatic N) is 2. The van der Waals surface area contributed by atoms with Gasteiger partial charge in [0.15, 0.2) is 0 Å². The average Bonchev–Trinajstić information content (AvgIpc) is 2.73. The molecule has 4 N–H and O–H groups in total. The Balaban J connectivity index is 2.71. The molecule has 1 aromatic rings. The molecule has 0 saturated carbocycles. The summed E-state index contributed by atoms with van der Waals surface area (Å²) in [7, 11) is 0. The van der Waals surface area contributed by atoms with Crippen molar-refractivity contribution in [3.05, 3.63) is 18.0 Å². The van der Waals surface area contributed by atoms with Crippen LogP contribution in [-0.2, 0) is 9.59 Å². The lowest BCUT2D eigenvalue weighted by Gasteiger charge is -2.05. The Hall–Kier alpha value is -2.38. The van der Waals surface area contributed by atoms with E-state index in [0.717, 1.165) is 4.68 Å². The highest BCUT2D eigenvalue weighted by atomic mass is 16.4. The highest BCUT2D eigenvalue weighted by molar-refractivity contribution is 5.94. The van der Waals surface area contributed by atoms with Crippen LogP contribution in [0.15, 0.2) is 12.3 Å². The van der Waals surface area contributed by atoms with Crippen LogP contribution < -0.4 is 11.1 Å². The van der Waals surface area contributed by atoms with Crippen LogP contribution in [0.1, 0.15) is 23.5 Å². The number of hydrogen-bond acceptors (Lipinski definition) is 4. The molecule has 8 nitrogen and oxygen atoms in total. The number of carboxylic acids is 1. The summed E-state index contributed by atoms with van der Waals surface area (Å²) in [5, 5.41) is 14.8. The molecule has 17 heavy (non-hydrogen) atoms. The summed E-state index contributed by atoms with van der Waals surface area (Å²) in [4.78, 5) is 32.5. The fraction of sp³-hybridized carbons (Fsp3) is 0.333. The topological polar surface area (TPSA) is 127 Å². The first-order chi connectivity index (χ1) is 7.91. The van der Waals surface area contributed by atoms with E-state index in [1.807, 2.05) is 0 Å². The number of primary amides is 1. The minimum atomic E-state index is -1.06. The molecule has 1 heterocycles. The van der Waals surface area contributed by atoms with Crippen molar-refractivity contribution in [3.63, 3.8) is 0 Å². The summed E-state index contributed by atoms with van der Waals surface area (Å²) < 4.78 is 1.14. The van der Waals surface area contributed by atoms with Crippen LogP contribution >= 0.6 is 0 Å². The second-order valence-corrected chi connectivity index (χ2v) is 3.34. The van der Waals surface area contributed by atoms with E-state index in [-0.39, 0.29) is 12.2 Å². The fourth-order valence-electron chi connectivity index (χ4n) is 1.05. The Morgan fingerprint density at radius 3 is 2.76 bits per heavy atom. The highest BCUT2D eigenvalue weighted by Crippen LogP contribution is 2.05. The minimum absolute atomic E-state index is 0.0272. The van der Waals surface area contributed by atoms with Crippen molar-refractivity contribution in [1.82, 2.24) is 15.1 Å². The minimum Gasteiger partial charge on any atom is -0.480 e. The van der Waals surface area contributed by atoms with Gasteiger partial charge >= 0.3 is 5.97 Å². The summed E-state index contributed by atoms with van der Waals surface area (Å²) >= 11 is 0. The third-order valence-electron chi connectivity index (χ3n) is 2.02. The van der Waals surface area contributed by atoms with Crippen LogP contribution in [0.5, 0.6) is 0 Å². The normalized spacial score (nSPS) is 11.8. The predicted octanol–water partition coefficient (Wildman–Crippen LogP) is -1.26. The van der Waals surface area contributed by atoms with Crippen LogP contribution in [0.2, 0.25) is 0 Å². The summed E-state index contributed by atoms with van der Waals surface area (Å²) in [6.45, 7) is 1.14. The molecule has 8 heteroatoms. The molecule has 0 aliphatic rings. The second-order valence-electron chi connectivity index (χ2n) is 3.34. The Kier molecular flexibility index (Phi) is 3.81. The third-order valence-corrected chi connectivity index (χ3v) is 2.02. The van der Waals surface area contributed by atoms with Crippen LogP contribution in [0.3, 0.4) is 0 Å². The van der Waals surface area contributed by atoms with Crippen molar-refractivity contribution < 1.29 is 19.5 Å². The van der Waals surface area contributed by atoms with Gasteiger partial charge in [0.2, 0.25) is 5.91 Å². The first-order valence-corrected chi connectivity index (χ1v) is 4.76. The monoisotopic (exact) mass is 240 g/mol. The summed E-state index contributed by atoms with van der Waals surface area (Å²) in [6.07, 6.45) is 1.37. The molecule has 0 aliphatic heterocycles. The van der Waals surface area contributed by atoms with E-state index in [0.29, 0.717) is 0 Å². The average molecular weight is 240 g/mol. The van der Waals surface area contributed by atoms with Gasteiger partial charge in [-0.25, -0.2) is 4.79 Å². The largest absolute Gasteiger partial charge is 0.480 e. The first-order valence-electron chi connectivity index (χ1n) is 4.76. The molecule has 0 aliphatic carbocycles. The Morgan fingerprint density at radius 2 is 2.24 bits per heavy atom. The smallest absolute Gasteiger partial charge is 0.328 e. The Morgan fingerprint density at radius 1 is 1.59 bits per heavy atom. The predicted molar refractivity (Wildman–Crippen MR) is 56.1 cm³/mol. The first kappa shape index (κ1) is 12.7. The van der Waals surface area contributed by atoms with Gasteiger partial charge in [-0.1, -0.05) is 0 Å². The number of carbonyl (C=O) groups is 3. The molecule has 2 amide bonds. The van der Waals surface area contributed by atoms with Crippen molar-refractivity contribution in [1.29, 1.82) is 0 Å². The lowest BCUT2D eigenvalue weighted by molar-refractivity contribution is -0.140. The number of aromatic nitrogens is 2. The highest BCUT2D eigenvalue weighted by Gasteiger charge is 2.16. The van der Waals surface area contributed by atoms with Gasteiger partial charge in [-0.2, -0.15) is 5.10 Å². The molecule has 0 aromatic carbocycles. The quantitative estimate of drug-likeness (QED) is 0.592. The van der Waals surface area contributed by atoms with Gasteiger partial charge in [-0.3, -0.25) is 14.3 Å². The maximum absolute atomic E-state index is 11.4. The zero-order valence-corrected chi connectivity index (χ0v) is 9.08. The fourth-order valence-corrected chi connectivity index (χ4v) is 1.05. The number of nitrogens with two attached hydrogens (primary N) is 1. The van der Waals surface area contributed by atoms with E-state index in [1.54, 1.807) is 0 Å². The van der Waals surface area contributed by atoms with E-state index in [2.05, 4.69) is 10.4 Å². The summed E-state index contributed by atoms with van der Waals surface area (Å²) in [6, 6.07) is 0.489. The number of rotatable bonds is 5. The molecule has 1 rings (SSSR count). The van der Waals surface area contributed by atoms with E-state index in [1.165, 1.54) is 19.2 Å². The van der Waals surface area contributed by atoms with E-state index < -0.39 is 23.8 Å². The van der Waals surface area contributed by atoms with Crippen molar-refractivity contribution in [2.24, 2.45) is 5.73 Å². The number of carboxylic acid groups (broad SMARTS) is 1. The van der Waals surface area contributed by atoms with Gasteiger partial charge in [0.05, 0.1) is 6.54 Å². The molecule has 0 bridgehead atoms. The van der Waals surface area contributed by atoms with Gasteiger partial charge in [0.25, 0.3) is 5.91 Å². The zero-order chi connectivity index (χ0) is 13.0. The lowest BCUT2D eigenvalue weighted by atomic mass is 10.3. The maximum Gasteiger partial charge on any atom is 0.328 e. The molecular formula is C9H12N4O4. The van der Waals surface area contributed by atoms with Gasteiger partial charge in [0.1, 0.15) is 11.7 Å². The molecule has 1 atom stereocenters. The van der Waals surface area contributed by atoms with Crippen LogP contribution in [-0.4, -0.2) is 39.2 Å². The van der Waals surface area contributed by atoms with Gasteiger partial charge in [-0.05, 0) is 13.0 Å². The standard InChI is InChI=1S/C9H12N4O4/c1-5(9(16)17)13-3-2-6(12-13)8(15)11-4-7(10)14/h2-3,5H,4H2,1H3,(H2,10,14)(H,11,15)(H,16,17). The van der Waals surface area contributed by atoms with Gasteiger partial charge < -0.3 is 16.2 Å². The molecule has 0 saturated heterocycles. The molecule has 0 radical (unpaired) electrons. The lowest BCUT2D eigenvalue weighted by Crippen LogP contribution is -2.33. The second kappa shape index (κ2) is 5.10. The van der Waals surface area contributed by atoms with Crippen LogP contribution in [0.25, 0.3) is 0 Å². The molecular weight excluding hydrogens is 228 g/mol. The summed E-state index contributed by atoms with van der Waals surface area (Å²) in [5.74, 6) is -2.31. The molecule has 1 aromatic heterocycles. The summed E-state index contributed by atoms with van der Waals surface area (Å²) in [5.41, 5.74) is 4.88. The number of amides is 2. The molecule has 0 spiro atoms. The number of aliphatic carboxylic acids is 1. The van der Waals surface area contributed by atoms with Gasteiger partial charge in [-0.15, -0.1) is 0 Å². The van der Waals surface area contributed by atoms with Crippen molar-refractivity contribution in [3.8, 4) is 0 Å². The Labute approximate surface area is 96.4 Å². The Bertz CT molecular complexity index is 454. The van der Waals surface area contributed by atoms with E-state index >= 15 is 0 Å². The molecule has 92 valence electrons. The third kappa shape index (κ3) is 3.30. The van der Waals surface area contributed by atoms with Crippen molar-refractivity contribution in [2.75, 3.05) is 6.54 Å². The number of hydrogen-bond donors (Lipinski definition) is 3. The zero-order valence-electron chi connectivity index (χ0n) is 9.08. The van der Waals surface area contributed by atoms with E-state index in [9.17, 15) is 14.4 Å². The van der Waals surface area contributed by atoms with Crippen molar-refractivity contribution >= 4 is 17.8 Å². The van der Waals surface area contributed by atoms with Crippen LogP contribution in [0.4, 0.5) is 0 Å². The maximum atomic E-state index is 11.4. The number of carbonyl (C=O) groups excluding carboxylic acids is 2. The number of nitrogens with one attached hydrogen (secondary N) is 1. The van der Waals surface area contributed by atoms with Gasteiger partial charge in [0, 0.05) is 6.20 Å². The SMILES string of the molecule is CC(C(=O)O)n1ccc(C(=O)NCC(N)=O)n1. The van der Waals surface area contributed by atoms with Crippen molar-refractivity contribution in [2.45, 2.75) is 13.0 Å². The van der Waals surface area contributed by atoms with Crippen LogP contribution in [0, 0.1) is 0 Å². The molecule has 1 unspecified atom stereocenters.